The highest BCUT2D eigenvalue weighted by Gasteiger charge is 2.26. The molecule has 0 spiro atoms. The standard InChI is InChI=1S/C20H26N2O4S/c1-14(2)21-20(23)18(13-16-8-6-5-7-9-16)22-27(24,25)17-10-11-19(26-4)15(3)12-17/h5-12,14,18,22H,13H2,1-4H3,(H,21,23). The van der Waals surface area contributed by atoms with Crippen molar-refractivity contribution < 1.29 is 17.9 Å². The Hall–Kier alpha value is -2.38. The van der Waals surface area contributed by atoms with E-state index in [0.717, 1.165) is 5.56 Å². The van der Waals surface area contributed by atoms with Crippen molar-refractivity contribution in [1.82, 2.24) is 10.0 Å². The fourth-order valence-corrected chi connectivity index (χ4v) is 3.98. The Morgan fingerprint density at radius 1 is 1.11 bits per heavy atom. The first-order valence-corrected chi connectivity index (χ1v) is 10.2. The molecule has 0 saturated heterocycles. The SMILES string of the molecule is COc1ccc(S(=O)(=O)NC(Cc2ccccc2)C(=O)NC(C)C)cc1C. The largest absolute Gasteiger partial charge is 0.496 e. The van der Waals surface area contributed by atoms with Gasteiger partial charge in [0.1, 0.15) is 11.8 Å². The highest BCUT2D eigenvalue weighted by Crippen LogP contribution is 2.21. The second-order valence-corrected chi connectivity index (χ2v) is 8.37. The van der Waals surface area contributed by atoms with Crippen LogP contribution >= 0.6 is 0 Å². The van der Waals surface area contributed by atoms with Gasteiger partial charge in [0, 0.05) is 6.04 Å². The van der Waals surface area contributed by atoms with E-state index in [1.54, 1.807) is 13.0 Å². The molecule has 0 aliphatic heterocycles. The van der Waals surface area contributed by atoms with Crippen LogP contribution in [0.15, 0.2) is 53.4 Å². The number of rotatable bonds is 8. The molecule has 2 aromatic carbocycles. The minimum atomic E-state index is -3.87. The van der Waals surface area contributed by atoms with E-state index in [1.807, 2.05) is 44.2 Å². The molecule has 7 heteroatoms. The van der Waals surface area contributed by atoms with Crippen molar-refractivity contribution in [3.63, 3.8) is 0 Å². The van der Waals surface area contributed by atoms with Crippen molar-refractivity contribution in [2.75, 3.05) is 7.11 Å². The molecule has 0 heterocycles. The summed E-state index contributed by atoms with van der Waals surface area (Å²) in [5.41, 5.74) is 1.57. The summed E-state index contributed by atoms with van der Waals surface area (Å²) in [6.45, 7) is 5.43. The van der Waals surface area contributed by atoms with E-state index < -0.39 is 16.1 Å². The molecule has 0 aliphatic rings. The Kier molecular flexibility index (Phi) is 6.98. The summed E-state index contributed by atoms with van der Waals surface area (Å²) < 4.78 is 33.4. The van der Waals surface area contributed by atoms with Gasteiger partial charge in [0.15, 0.2) is 0 Å². The van der Waals surface area contributed by atoms with Crippen LogP contribution in [0.2, 0.25) is 0 Å². The van der Waals surface area contributed by atoms with Gasteiger partial charge >= 0.3 is 0 Å². The number of benzene rings is 2. The molecule has 0 saturated carbocycles. The van der Waals surface area contributed by atoms with Crippen LogP contribution in [0.25, 0.3) is 0 Å². The Morgan fingerprint density at radius 3 is 2.33 bits per heavy atom. The van der Waals surface area contributed by atoms with Crippen LogP contribution in [0.3, 0.4) is 0 Å². The van der Waals surface area contributed by atoms with Gasteiger partial charge in [-0.3, -0.25) is 4.79 Å². The molecular weight excluding hydrogens is 364 g/mol. The molecule has 0 fully saturated rings. The van der Waals surface area contributed by atoms with Gasteiger partial charge in [-0.15, -0.1) is 0 Å². The van der Waals surface area contributed by atoms with Gasteiger partial charge in [-0.1, -0.05) is 30.3 Å². The average molecular weight is 391 g/mol. The molecule has 2 N–H and O–H groups in total. The Bertz CT molecular complexity index is 880. The molecular formula is C20H26N2O4S. The lowest BCUT2D eigenvalue weighted by Crippen LogP contribution is -2.49. The van der Waals surface area contributed by atoms with Gasteiger partial charge in [-0.25, -0.2) is 8.42 Å². The van der Waals surface area contributed by atoms with E-state index in [0.29, 0.717) is 11.3 Å². The number of sulfonamides is 1. The number of nitrogens with one attached hydrogen (secondary N) is 2. The van der Waals surface area contributed by atoms with Gasteiger partial charge in [0.05, 0.1) is 12.0 Å². The molecule has 1 amide bonds. The summed E-state index contributed by atoms with van der Waals surface area (Å²) in [6, 6.07) is 12.9. The Morgan fingerprint density at radius 2 is 1.78 bits per heavy atom. The van der Waals surface area contributed by atoms with E-state index in [1.165, 1.54) is 19.2 Å². The third-order valence-electron chi connectivity index (χ3n) is 4.00. The quantitative estimate of drug-likeness (QED) is 0.725. The Labute approximate surface area is 161 Å². The normalized spacial score (nSPS) is 12.6. The number of hydrogen-bond acceptors (Lipinski definition) is 4. The van der Waals surface area contributed by atoms with Crippen LogP contribution in [-0.4, -0.2) is 33.5 Å². The maximum absolute atomic E-state index is 12.8. The molecule has 2 rings (SSSR count). The number of amides is 1. The van der Waals surface area contributed by atoms with Crippen molar-refractivity contribution >= 4 is 15.9 Å². The first-order chi connectivity index (χ1) is 12.7. The van der Waals surface area contributed by atoms with Crippen LogP contribution in [0.5, 0.6) is 5.75 Å². The summed E-state index contributed by atoms with van der Waals surface area (Å²) in [5.74, 6) is 0.245. The predicted molar refractivity (Wildman–Crippen MR) is 105 cm³/mol. The lowest BCUT2D eigenvalue weighted by Gasteiger charge is -2.20. The lowest BCUT2D eigenvalue weighted by molar-refractivity contribution is -0.123. The highest BCUT2D eigenvalue weighted by atomic mass is 32.2. The van der Waals surface area contributed by atoms with Crippen LogP contribution in [0, 0.1) is 6.92 Å². The van der Waals surface area contributed by atoms with Gasteiger partial charge in [0.2, 0.25) is 15.9 Å². The molecule has 2 aromatic rings. The third-order valence-corrected chi connectivity index (χ3v) is 5.47. The first-order valence-electron chi connectivity index (χ1n) is 8.74. The van der Waals surface area contributed by atoms with Crippen molar-refractivity contribution in [1.29, 1.82) is 0 Å². The summed E-state index contributed by atoms with van der Waals surface area (Å²) in [5, 5.41) is 2.78. The number of aryl methyl sites for hydroxylation is 1. The number of carbonyl (C=O) groups is 1. The minimum Gasteiger partial charge on any atom is -0.496 e. The molecule has 0 aliphatic carbocycles. The monoisotopic (exact) mass is 390 g/mol. The van der Waals surface area contributed by atoms with Crippen LogP contribution in [0.4, 0.5) is 0 Å². The second-order valence-electron chi connectivity index (χ2n) is 6.66. The molecule has 0 radical (unpaired) electrons. The van der Waals surface area contributed by atoms with E-state index in [-0.39, 0.29) is 23.3 Å². The minimum absolute atomic E-state index is 0.0937. The molecule has 0 bridgehead atoms. The van der Waals surface area contributed by atoms with E-state index in [9.17, 15) is 13.2 Å². The first kappa shape index (κ1) is 20.9. The summed E-state index contributed by atoms with van der Waals surface area (Å²) in [7, 11) is -2.35. The molecule has 146 valence electrons. The van der Waals surface area contributed by atoms with Gasteiger partial charge in [-0.05, 0) is 56.5 Å². The fraction of sp³-hybridized carbons (Fsp3) is 0.350. The van der Waals surface area contributed by atoms with Crippen molar-refractivity contribution in [2.45, 2.75) is 44.2 Å². The zero-order chi connectivity index (χ0) is 20.0. The lowest BCUT2D eigenvalue weighted by atomic mass is 10.1. The molecule has 6 nitrogen and oxygen atoms in total. The zero-order valence-corrected chi connectivity index (χ0v) is 16.8. The Balaban J connectivity index is 2.29. The summed E-state index contributed by atoms with van der Waals surface area (Å²) in [4.78, 5) is 12.7. The molecule has 1 atom stereocenters. The number of ether oxygens (including phenoxy) is 1. The van der Waals surface area contributed by atoms with Crippen molar-refractivity contribution in [2.24, 2.45) is 0 Å². The molecule has 0 aromatic heterocycles. The maximum Gasteiger partial charge on any atom is 0.241 e. The fourth-order valence-electron chi connectivity index (χ4n) is 2.70. The third kappa shape index (κ3) is 5.80. The average Bonchev–Trinajstić information content (AvgIpc) is 2.61. The van der Waals surface area contributed by atoms with Gasteiger partial charge in [0.25, 0.3) is 0 Å². The molecule has 1 unspecified atom stereocenters. The van der Waals surface area contributed by atoms with Crippen molar-refractivity contribution in [3.05, 3.63) is 59.7 Å². The smallest absolute Gasteiger partial charge is 0.241 e. The zero-order valence-electron chi connectivity index (χ0n) is 16.0. The predicted octanol–water partition coefficient (Wildman–Crippen LogP) is 2.42. The van der Waals surface area contributed by atoms with Crippen LogP contribution in [-0.2, 0) is 21.2 Å². The van der Waals surface area contributed by atoms with E-state index >= 15 is 0 Å². The van der Waals surface area contributed by atoms with Gasteiger partial charge < -0.3 is 10.1 Å². The van der Waals surface area contributed by atoms with Gasteiger partial charge in [-0.2, -0.15) is 4.72 Å². The van der Waals surface area contributed by atoms with Crippen LogP contribution < -0.4 is 14.8 Å². The van der Waals surface area contributed by atoms with E-state index in [2.05, 4.69) is 10.0 Å². The number of hydrogen-bond donors (Lipinski definition) is 2. The topological polar surface area (TPSA) is 84.5 Å². The maximum atomic E-state index is 12.8. The number of carbonyl (C=O) groups excluding carboxylic acids is 1. The highest BCUT2D eigenvalue weighted by molar-refractivity contribution is 7.89. The van der Waals surface area contributed by atoms with E-state index in [4.69, 9.17) is 4.74 Å². The van der Waals surface area contributed by atoms with Crippen molar-refractivity contribution in [3.8, 4) is 5.75 Å². The van der Waals surface area contributed by atoms with Crippen LogP contribution in [0.1, 0.15) is 25.0 Å². The summed E-state index contributed by atoms with van der Waals surface area (Å²) >= 11 is 0. The second kappa shape index (κ2) is 9.01. The summed E-state index contributed by atoms with van der Waals surface area (Å²) in [6.07, 6.45) is 0.258. The molecule has 27 heavy (non-hydrogen) atoms. The number of methoxy groups -OCH3 is 1.